The minimum Gasteiger partial charge on any atom is -0.383 e. The van der Waals surface area contributed by atoms with Crippen molar-refractivity contribution >= 4 is 11.7 Å². The van der Waals surface area contributed by atoms with Crippen LogP contribution in [0.2, 0.25) is 0 Å². The molecule has 0 saturated heterocycles. The summed E-state index contributed by atoms with van der Waals surface area (Å²) < 4.78 is 18.9. The van der Waals surface area contributed by atoms with Gasteiger partial charge in [-0.1, -0.05) is 12.1 Å². The minimum atomic E-state index is -0.180. The van der Waals surface area contributed by atoms with Crippen LogP contribution in [0.15, 0.2) is 36.5 Å². The first-order valence-corrected chi connectivity index (χ1v) is 7.93. The van der Waals surface area contributed by atoms with E-state index in [0.29, 0.717) is 25.3 Å². The first-order chi connectivity index (χ1) is 11.7. The third kappa shape index (κ3) is 3.54. The number of aromatic nitrogens is 1. The number of halogens is 1. The molecule has 0 spiro atoms. The predicted molar refractivity (Wildman–Crippen MR) is 89.6 cm³/mol. The number of nitrogens with one attached hydrogen (secondary N) is 1. The van der Waals surface area contributed by atoms with Crippen molar-refractivity contribution in [2.45, 2.75) is 13.0 Å². The molecule has 1 aromatic carbocycles. The summed E-state index contributed by atoms with van der Waals surface area (Å²) in [5.74, 6) is 0.393. The topological polar surface area (TPSA) is 54.5 Å². The predicted octanol–water partition coefficient (Wildman–Crippen LogP) is 2.16. The average molecular weight is 329 g/mol. The Kier molecular flexibility index (Phi) is 5.05. The molecule has 1 aromatic heterocycles. The maximum atomic E-state index is 14.0. The van der Waals surface area contributed by atoms with Crippen molar-refractivity contribution in [2.75, 3.05) is 31.7 Å². The fraction of sp³-hybridized carbons (Fsp3) is 0.333. The molecule has 1 aliphatic rings. The minimum absolute atomic E-state index is 0.175. The second-order valence-electron chi connectivity index (χ2n) is 5.70. The number of benzene rings is 1. The number of methoxy groups -OCH3 is 1. The zero-order valence-electron chi connectivity index (χ0n) is 13.6. The normalized spacial score (nSPS) is 13.5. The summed E-state index contributed by atoms with van der Waals surface area (Å²) in [6.07, 6.45) is 2.34. The molecule has 0 unspecified atom stereocenters. The molecule has 5 nitrogen and oxygen atoms in total. The van der Waals surface area contributed by atoms with Gasteiger partial charge in [-0.3, -0.25) is 4.79 Å². The Hall–Kier alpha value is -2.47. The Bertz CT molecular complexity index is 719. The van der Waals surface area contributed by atoms with E-state index >= 15 is 0 Å². The van der Waals surface area contributed by atoms with Gasteiger partial charge in [0.1, 0.15) is 11.6 Å². The smallest absolute Gasteiger partial charge is 0.252 e. The van der Waals surface area contributed by atoms with Crippen LogP contribution in [0.3, 0.4) is 0 Å². The molecule has 2 aromatic rings. The molecule has 0 fully saturated rings. The highest BCUT2D eigenvalue weighted by Gasteiger charge is 2.20. The van der Waals surface area contributed by atoms with E-state index < -0.39 is 0 Å². The summed E-state index contributed by atoms with van der Waals surface area (Å²) in [5, 5.41) is 2.75. The third-order valence-electron chi connectivity index (χ3n) is 4.14. The molecular weight excluding hydrogens is 309 g/mol. The number of carbonyl (C=O) groups excluding carboxylic acids is 1. The first-order valence-electron chi connectivity index (χ1n) is 7.93. The van der Waals surface area contributed by atoms with Crippen molar-refractivity contribution in [1.29, 1.82) is 0 Å². The molecule has 1 amide bonds. The zero-order chi connectivity index (χ0) is 16.9. The van der Waals surface area contributed by atoms with Gasteiger partial charge in [-0.25, -0.2) is 9.37 Å². The molecule has 126 valence electrons. The fourth-order valence-corrected chi connectivity index (χ4v) is 2.81. The second-order valence-corrected chi connectivity index (χ2v) is 5.70. The third-order valence-corrected chi connectivity index (χ3v) is 4.14. The van der Waals surface area contributed by atoms with Gasteiger partial charge in [-0.05, 0) is 30.2 Å². The highest BCUT2D eigenvalue weighted by atomic mass is 19.1. The summed E-state index contributed by atoms with van der Waals surface area (Å²) in [6.45, 7) is 2.20. The van der Waals surface area contributed by atoms with Crippen LogP contribution in [-0.4, -0.2) is 37.7 Å². The number of fused-ring (bicyclic) bond motifs is 1. The largest absolute Gasteiger partial charge is 0.383 e. The second kappa shape index (κ2) is 7.40. The molecule has 24 heavy (non-hydrogen) atoms. The van der Waals surface area contributed by atoms with Gasteiger partial charge in [-0.2, -0.15) is 0 Å². The van der Waals surface area contributed by atoms with Crippen molar-refractivity contribution < 1.29 is 13.9 Å². The van der Waals surface area contributed by atoms with Gasteiger partial charge < -0.3 is 15.0 Å². The van der Waals surface area contributed by atoms with E-state index in [1.807, 2.05) is 11.0 Å². The maximum Gasteiger partial charge on any atom is 0.252 e. The number of ether oxygens (including phenoxy) is 1. The van der Waals surface area contributed by atoms with Gasteiger partial charge in [0.15, 0.2) is 0 Å². The number of hydrogen-bond acceptors (Lipinski definition) is 4. The van der Waals surface area contributed by atoms with E-state index in [-0.39, 0.29) is 11.7 Å². The van der Waals surface area contributed by atoms with Crippen molar-refractivity contribution in [3.8, 4) is 0 Å². The van der Waals surface area contributed by atoms with Crippen LogP contribution in [0.5, 0.6) is 0 Å². The molecule has 3 rings (SSSR count). The van der Waals surface area contributed by atoms with Gasteiger partial charge in [0, 0.05) is 38.5 Å². The SMILES string of the molecule is COCCNC(=O)c1ccc(N2CCc3cccc(F)c3C2)nc1. The Morgan fingerprint density at radius 2 is 2.25 bits per heavy atom. The van der Waals surface area contributed by atoms with Crippen LogP contribution in [-0.2, 0) is 17.7 Å². The van der Waals surface area contributed by atoms with Crippen LogP contribution in [0.4, 0.5) is 10.2 Å². The number of nitrogens with zero attached hydrogens (tertiary/aromatic N) is 2. The summed E-state index contributed by atoms with van der Waals surface area (Å²) in [4.78, 5) is 18.3. The summed E-state index contributed by atoms with van der Waals surface area (Å²) in [5.41, 5.74) is 2.28. The monoisotopic (exact) mass is 329 g/mol. The van der Waals surface area contributed by atoms with Gasteiger partial charge in [0.2, 0.25) is 0 Å². The van der Waals surface area contributed by atoms with Crippen LogP contribution < -0.4 is 10.2 Å². The van der Waals surface area contributed by atoms with E-state index in [9.17, 15) is 9.18 Å². The molecule has 1 N–H and O–H groups in total. The van der Waals surface area contributed by atoms with Crippen LogP contribution >= 0.6 is 0 Å². The number of carbonyl (C=O) groups is 1. The maximum absolute atomic E-state index is 14.0. The zero-order valence-corrected chi connectivity index (χ0v) is 13.6. The molecule has 0 saturated carbocycles. The van der Waals surface area contributed by atoms with Crippen molar-refractivity contribution in [1.82, 2.24) is 10.3 Å². The summed E-state index contributed by atoms with van der Waals surface area (Å²) in [6, 6.07) is 8.75. The summed E-state index contributed by atoms with van der Waals surface area (Å²) in [7, 11) is 1.59. The molecule has 0 atom stereocenters. The summed E-state index contributed by atoms with van der Waals surface area (Å²) >= 11 is 0. The number of anilines is 1. The molecule has 6 heteroatoms. The van der Waals surface area contributed by atoms with E-state index in [2.05, 4.69) is 10.3 Å². The highest BCUT2D eigenvalue weighted by molar-refractivity contribution is 5.94. The average Bonchev–Trinajstić information content (AvgIpc) is 2.62. The molecule has 0 radical (unpaired) electrons. The fourth-order valence-electron chi connectivity index (χ4n) is 2.81. The molecular formula is C18H20FN3O2. The lowest BCUT2D eigenvalue weighted by Crippen LogP contribution is -2.32. The molecule has 0 aliphatic carbocycles. The number of rotatable bonds is 5. The van der Waals surface area contributed by atoms with Gasteiger partial charge in [0.05, 0.1) is 12.2 Å². The lowest BCUT2D eigenvalue weighted by Gasteiger charge is -2.30. The molecule has 2 heterocycles. The van der Waals surface area contributed by atoms with Crippen molar-refractivity contribution in [2.24, 2.45) is 0 Å². The number of amides is 1. The van der Waals surface area contributed by atoms with E-state index in [1.54, 1.807) is 31.5 Å². The number of pyridine rings is 1. The Morgan fingerprint density at radius 1 is 1.38 bits per heavy atom. The van der Waals surface area contributed by atoms with Gasteiger partial charge in [0.25, 0.3) is 5.91 Å². The molecule has 1 aliphatic heterocycles. The molecule has 0 bridgehead atoms. The van der Waals surface area contributed by atoms with Crippen LogP contribution in [0.25, 0.3) is 0 Å². The van der Waals surface area contributed by atoms with E-state index in [4.69, 9.17) is 4.74 Å². The Labute approximate surface area is 140 Å². The Balaban J connectivity index is 1.68. The lowest BCUT2D eigenvalue weighted by atomic mass is 9.99. The standard InChI is InChI=1S/C18H20FN3O2/c1-24-10-8-20-18(23)14-5-6-17(21-11-14)22-9-7-13-3-2-4-16(19)15(13)12-22/h2-6,11H,7-10,12H2,1H3,(H,20,23). The van der Waals surface area contributed by atoms with E-state index in [1.165, 1.54) is 6.07 Å². The van der Waals surface area contributed by atoms with Crippen molar-refractivity contribution in [3.63, 3.8) is 0 Å². The van der Waals surface area contributed by atoms with Crippen LogP contribution in [0.1, 0.15) is 21.5 Å². The highest BCUT2D eigenvalue weighted by Crippen LogP contribution is 2.25. The number of hydrogen-bond donors (Lipinski definition) is 1. The Morgan fingerprint density at radius 3 is 3.00 bits per heavy atom. The first kappa shape index (κ1) is 16.4. The van der Waals surface area contributed by atoms with E-state index in [0.717, 1.165) is 29.9 Å². The van der Waals surface area contributed by atoms with Crippen molar-refractivity contribution in [3.05, 3.63) is 59.0 Å². The quantitative estimate of drug-likeness (QED) is 0.854. The van der Waals surface area contributed by atoms with Gasteiger partial charge >= 0.3 is 0 Å². The van der Waals surface area contributed by atoms with Gasteiger partial charge in [-0.15, -0.1) is 0 Å². The lowest BCUT2D eigenvalue weighted by molar-refractivity contribution is 0.0937. The van der Waals surface area contributed by atoms with Crippen LogP contribution in [0, 0.1) is 5.82 Å².